The SMILES string of the molecule is O=C(NCC1(O)CCC1)c1cn[nH]c1-c1ccc(F)c(Cl)c1. The van der Waals surface area contributed by atoms with Crippen molar-refractivity contribution in [1.82, 2.24) is 15.5 Å². The standard InChI is InChI=1S/C15H15ClFN3O2/c16-11-6-9(2-3-12(11)17)13-10(7-19-20-13)14(21)18-8-15(22)4-1-5-15/h2-3,6-7,22H,1,4-5,8H2,(H,18,21)(H,19,20). The predicted molar refractivity (Wildman–Crippen MR) is 80.1 cm³/mol. The molecule has 0 spiro atoms. The normalized spacial score (nSPS) is 16.1. The fourth-order valence-corrected chi connectivity index (χ4v) is 2.61. The van der Waals surface area contributed by atoms with E-state index in [1.165, 1.54) is 24.4 Å². The van der Waals surface area contributed by atoms with Crippen LogP contribution in [-0.2, 0) is 0 Å². The lowest BCUT2D eigenvalue weighted by Gasteiger charge is -2.36. The van der Waals surface area contributed by atoms with E-state index in [0.29, 0.717) is 29.7 Å². The van der Waals surface area contributed by atoms with Gasteiger partial charge in [-0.2, -0.15) is 5.10 Å². The molecule has 1 heterocycles. The van der Waals surface area contributed by atoms with Crippen LogP contribution in [0.3, 0.4) is 0 Å². The fraction of sp³-hybridized carbons (Fsp3) is 0.333. The zero-order chi connectivity index (χ0) is 15.7. The number of benzene rings is 1. The van der Waals surface area contributed by atoms with Crippen LogP contribution in [0.25, 0.3) is 11.3 Å². The second-order valence-corrected chi connectivity index (χ2v) is 5.96. The molecule has 1 amide bonds. The first-order valence-corrected chi connectivity index (χ1v) is 7.36. The molecule has 3 N–H and O–H groups in total. The number of aromatic amines is 1. The van der Waals surface area contributed by atoms with Crippen molar-refractivity contribution in [3.63, 3.8) is 0 Å². The maximum absolute atomic E-state index is 13.2. The first kappa shape index (κ1) is 15.0. The van der Waals surface area contributed by atoms with Crippen LogP contribution < -0.4 is 5.32 Å². The van der Waals surface area contributed by atoms with Crippen molar-refractivity contribution in [3.8, 4) is 11.3 Å². The number of carbonyl (C=O) groups excluding carboxylic acids is 1. The number of H-pyrrole nitrogens is 1. The van der Waals surface area contributed by atoms with Crippen LogP contribution in [0, 0.1) is 5.82 Å². The van der Waals surface area contributed by atoms with E-state index in [1.54, 1.807) is 0 Å². The van der Waals surface area contributed by atoms with Gasteiger partial charge < -0.3 is 10.4 Å². The van der Waals surface area contributed by atoms with Crippen molar-refractivity contribution < 1.29 is 14.3 Å². The molecule has 22 heavy (non-hydrogen) atoms. The molecule has 0 atom stereocenters. The quantitative estimate of drug-likeness (QED) is 0.809. The van der Waals surface area contributed by atoms with Gasteiger partial charge in [0.15, 0.2) is 0 Å². The number of nitrogens with one attached hydrogen (secondary N) is 2. The minimum atomic E-state index is -0.793. The van der Waals surface area contributed by atoms with E-state index in [1.807, 2.05) is 0 Å². The molecule has 2 aromatic rings. The molecule has 7 heteroatoms. The Bertz CT molecular complexity index is 713. The van der Waals surface area contributed by atoms with Gasteiger partial charge in [0.25, 0.3) is 5.91 Å². The van der Waals surface area contributed by atoms with Crippen LogP contribution in [-0.4, -0.2) is 33.4 Å². The monoisotopic (exact) mass is 323 g/mol. The summed E-state index contributed by atoms with van der Waals surface area (Å²) in [6.45, 7) is 0.209. The average molecular weight is 324 g/mol. The lowest BCUT2D eigenvalue weighted by molar-refractivity contribution is -0.0300. The summed E-state index contributed by atoms with van der Waals surface area (Å²) in [6, 6.07) is 4.18. The Morgan fingerprint density at radius 2 is 2.27 bits per heavy atom. The second kappa shape index (κ2) is 5.70. The van der Waals surface area contributed by atoms with Gasteiger partial charge in [0.2, 0.25) is 0 Å². The Morgan fingerprint density at radius 1 is 1.50 bits per heavy atom. The summed E-state index contributed by atoms with van der Waals surface area (Å²) in [5, 5.41) is 19.3. The van der Waals surface area contributed by atoms with Gasteiger partial charge in [0.05, 0.1) is 28.1 Å². The van der Waals surface area contributed by atoms with E-state index in [4.69, 9.17) is 11.6 Å². The number of carbonyl (C=O) groups is 1. The first-order valence-electron chi connectivity index (χ1n) is 6.98. The number of aromatic nitrogens is 2. The zero-order valence-corrected chi connectivity index (χ0v) is 12.5. The summed E-state index contributed by atoms with van der Waals surface area (Å²) in [5.74, 6) is -0.868. The number of aliphatic hydroxyl groups is 1. The number of rotatable bonds is 4. The molecule has 1 saturated carbocycles. The highest BCUT2D eigenvalue weighted by Gasteiger charge is 2.34. The summed E-state index contributed by atoms with van der Waals surface area (Å²) in [7, 11) is 0. The fourth-order valence-electron chi connectivity index (χ4n) is 2.43. The van der Waals surface area contributed by atoms with Gasteiger partial charge in [-0.1, -0.05) is 11.6 Å². The third-order valence-corrected chi connectivity index (χ3v) is 4.24. The molecule has 1 aromatic carbocycles. The van der Waals surface area contributed by atoms with E-state index in [0.717, 1.165) is 6.42 Å². The van der Waals surface area contributed by atoms with Gasteiger partial charge in [-0.15, -0.1) is 0 Å². The van der Waals surface area contributed by atoms with Gasteiger partial charge in [-0.05, 0) is 37.5 Å². The Morgan fingerprint density at radius 3 is 2.91 bits per heavy atom. The lowest BCUT2D eigenvalue weighted by Crippen LogP contribution is -2.47. The number of amides is 1. The van der Waals surface area contributed by atoms with Gasteiger partial charge in [-0.3, -0.25) is 9.89 Å². The van der Waals surface area contributed by atoms with Crippen molar-refractivity contribution >= 4 is 17.5 Å². The van der Waals surface area contributed by atoms with Crippen molar-refractivity contribution in [1.29, 1.82) is 0 Å². The van der Waals surface area contributed by atoms with E-state index >= 15 is 0 Å². The van der Waals surface area contributed by atoms with Crippen LogP contribution in [0.5, 0.6) is 0 Å². The molecule has 5 nitrogen and oxygen atoms in total. The van der Waals surface area contributed by atoms with Crippen LogP contribution in [0.4, 0.5) is 4.39 Å². The Hall–Kier alpha value is -1.92. The maximum atomic E-state index is 13.2. The van der Waals surface area contributed by atoms with Crippen molar-refractivity contribution in [3.05, 3.63) is 40.8 Å². The van der Waals surface area contributed by atoms with Crippen molar-refractivity contribution in [2.45, 2.75) is 24.9 Å². The van der Waals surface area contributed by atoms with Crippen molar-refractivity contribution in [2.24, 2.45) is 0 Å². The summed E-state index contributed by atoms with van der Waals surface area (Å²) >= 11 is 5.77. The van der Waals surface area contributed by atoms with Gasteiger partial charge in [0, 0.05) is 12.1 Å². The van der Waals surface area contributed by atoms with Crippen LogP contribution >= 0.6 is 11.6 Å². The third-order valence-electron chi connectivity index (χ3n) is 3.95. The molecule has 1 aromatic heterocycles. The van der Waals surface area contributed by atoms with E-state index < -0.39 is 11.4 Å². The van der Waals surface area contributed by atoms with Crippen LogP contribution in [0.1, 0.15) is 29.6 Å². The molecule has 0 radical (unpaired) electrons. The highest BCUT2D eigenvalue weighted by Crippen LogP contribution is 2.31. The number of hydrogen-bond acceptors (Lipinski definition) is 3. The molecule has 0 aliphatic heterocycles. The molecule has 0 bridgehead atoms. The smallest absolute Gasteiger partial charge is 0.255 e. The Kier molecular flexibility index (Phi) is 3.88. The Balaban J connectivity index is 1.79. The Labute approximate surface area is 131 Å². The minimum absolute atomic E-state index is 0.0257. The van der Waals surface area contributed by atoms with Crippen LogP contribution in [0.15, 0.2) is 24.4 Å². The summed E-state index contributed by atoms with van der Waals surface area (Å²) < 4.78 is 13.2. The predicted octanol–water partition coefficient (Wildman–Crippen LogP) is 2.51. The van der Waals surface area contributed by atoms with Gasteiger partial charge in [-0.25, -0.2) is 4.39 Å². The number of hydrogen-bond donors (Lipinski definition) is 3. The lowest BCUT2D eigenvalue weighted by atomic mass is 9.80. The summed E-state index contributed by atoms with van der Waals surface area (Å²) in [6.07, 6.45) is 3.75. The van der Waals surface area contributed by atoms with E-state index in [9.17, 15) is 14.3 Å². The van der Waals surface area contributed by atoms with Gasteiger partial charge in [0.1, 0.15) is 5.82 Å². The third kappa shape index (κ3) is 2.84. The van der Waals surface area contributed by atoms with Crippen molar-refractivity contribution in [2.75, 3.05) is 6.54 Å². The largest absolute Gasteiger partial charge is 0.388 e. The van der Waals surface area contributed by atoms with Gasteiger partial charge >= 0.3 is 0 Å². The molecular weight excluding hydrogens is 309 g/mol. The molecule has 3 rings (SSSR count). The van der Waals surface area contributed by atoms with Crippen LogP contribution in [0.2, 0.25) is 5.02 Å². The molecule has 0 unspecified atom stereocenters. The first-order chi connectivity index (χ1) is 10.5. The highest BCUT2D eigenvalue weighted by molar-refractivity contribution is 6.31. The topological polar surface area (TPSA) is 78.0 Å². The molecule has 0 saturated heterocycles. The second-order valence-electron chi connectivity index (χ2n) is 5.55. The maximum Gasteiger partial charge on any atom is 0.255 e. The summed E-state index contributed by atoms with van der Waals surface area (Å²) in [4.78, 5) is 12.2. The number of halogens is 2. The molecule has 116 valence electrons. The molecule has 1 aliphatic rings. The highest BCUT2D eigenvalue weighted by atomic mass is 35.5. The van der Waals surface area contributed by atoms with E-state index in [2.05, 4.69) is 15.5 Å². The zero-order valence-electron chi connectivity index (χ0n) is 11.7. The van der Waals surface area contributed by atoms with E-state index in [-0.39, 0.29) is 17.5 Å². The molecule has 1 fully saturated rings. The summed E-state index contributed by atoms with van der Waals surface area (Å²) in [5.41, 5.74) is 0.556. The molecule has 1 aliphatic carbocycles. The molecular formula is C15H15ClFN3O2. The minimum Gasteiger partial charge on any atom is -0.388 e. The number of nitrogens with zero attached hydrogens (tertiary/aromatic N) is 1. The average Bonchev–Trinajstić information content (AvgIpc) is 2.95.